The summed E-state index contributed by atoms with van der Waals surface area (Å²) in [4.78, 5) is 11.5. The zero-order valence-corrected chi connectivity index (χ0v) is 8.12. The van der Waals surface area contributed by atoms with Gasteiger partial charge in [0.2, 0.25) is 5.91 Å². The van der Waals surface area contributed by atoms with E-state index in [4.69, 9.17) is 4.42 Å². The van der Waals surface area contributed by atoms with Crippen LogP contribution in [0.15, 0.2) is 23.0 Å². The standard InChI is InChI=1S/C10H14N2O2/c1-7(8-2-3-14-6-8)12-10(13)9-4-11-5-9/h2-3,6-7,9,11H,4-5H2,1H3,(H,12,13). The van der Waals surface area contributed by atoms with Crippen LogP contribution < -0.4 is 10.6 Å². The molecule has 0 aliphatic carbocycles. The zero-order chi connectivity index (χ0) is 9.97. The lowest BCUT2D eigenvalue weighted by atomic mass is 10.0. The molecule has 4 heteroatoms. The molecule has 4 nitrogen and oxygen atoms in total. The molecular weight excluding hydrogens is 180 g/mol. The Hall–Kier alpha value is -1.29. The van der Waals surface area contributed by atoms with Gasteiger partial charge in [-0.2, -0.15) is 0 Å². The Morgan fingerprint density at radius 1 is 1.71 bits per heavy atom. The van der Waals surface area contributed by atoms with Gasteiger partial charge in [-0.1, -0.05) is 0 Å². The lowest BCUT2D eigenvalue weighted by molar-refractivity contribution is -0.127. The van der Waals surface area contributed by atoms with Gasteiger partial charge < -0.3 is 15.1 Å². The molecule has 1 aromatic heterocycles. The molecule has 1 aromatic rings. The van der Waals surface area contributed by atoms with E-state index >= 15 is 0 Å². The van der Waals surface area contributed by atoms with Crippen LogP contribution in [-0.4, -0.2) is 19.0 Å². The number of nitrogens with one attached hydrogen (secondary N) is 2. The highest BCUT2D eigenvalue weighted by Gasteiger charge is 2.25. The van der Waals surface area contributed by atoms with E-state index in [0.717, 1.165) is 18.7 Å². The maximum absolute atomic E-state index is 11.5. The first-order valence-corrected chi connectivity index (χ1v) is 4.80. The average molecular weight is 194 g/mol. The Bertz CT molecular complexity index is 304. The molecule has 1 unspecified atom stereocenters. The minimum absolute atomic E-state index is 0.0295. The van der Waals surface area contributed by atoms with Crippen molar-refractivity contribution in [2.75, 3.05) is 13.1 Å². The fourth-order valence-corrected chi connectivity index (χ4v) is 1.41. The van der Waals surface area contributed by atoms with Gasteiger partial charge in [0.25, 0.3) is 0 Å². The number of furan rings is 1. The Labute approximate surface area is 82.7 Å². The van der Waals surface area contributed by atoms with Gasteiger partial charge >= 0.3 is 0 Å². The SMILES string of the molecule is CC(NC(=O)C1CNC1)c1ccoc1. The van der Waals surface area contributed by atoms with Gasteiger partial charge in [-0.25, -0.2) is 0 Å². The van der Waals surface area contributed by atoms with Crippen LogP contribution in [0.5, 0.6) is 0 Å². The number of hydrogen-bond donors (Lipinski definition) is 2. The molecular formula is C10H14N2O2. The summed E-state index contributed by atoms with van der Waals surface area (Å²) in [7, 11) is 0. The third kappa shape index (κ3) is 1.80. The third-order valence-electron chi connectivity index (χ3n) is 2.55. The van der Waals surface area contributed by atoms with Crippen LogP contribution in [0.2, 0.25) is 0 Å². The summed E-state index contributed by atoms with van der Waals surface area (Å²) in [6.45, 7) is 3.54. The predicted octanol–water partition coefficient (Wildman–Crippen LogP) is 0.676. The predicted molar refractivity (Wildman–Crippen MR) is 51.6 cm³/mol. The molecule has 0 bridgehead atoms. The first kappa shape index (κ1) is 9.27. The van der Waals surface area contributed by atoms with Crippen LogP contribution in [0.4, 0.5) is 0 Å². The monoisotopic (exact) mass is 194 g/mol. The highest BCUT2D eigenvalue weighted by Crippen LogP contribution is 2.13. The van der Waals surface area contributed by atoms with Crippen molar-refractivity contribution in [3.8, 4) is 0 Å². The van der Waals surface area contributed by atoms with E-state index in [2.05, 4.69) is 10.6 Å². The van der Waals surface area contributed by atoms with Gasteiger partial charge in [0.15, 0.2) is 0 Å². The Morgan fingerprint density at radius 3 is 3.00 bits per heavy atom. The third-order valence-corrected chi connectivity index (χ3v) is 2.55. The summed E-state index contributed by atoms with van der Waals surface area (Å²) in [6, 6.07) is 1.89. The Kier molecular flexibility index (Phi) is 2.54. The number of hydrogen-bond acceptors (Lipinski definition) is 3. The lowest BCUT2D eigenvalue weighted by Crippen LogP contribution is -2.51. The highest BCUT2D eigenvalue weighted by atomic mass is 16.3. The molecule has 1 aliphatic rings. The first-order valence-electron chi connectivity index (χ1n) is 4.80. The normalized spacial score (nSPS) is 18.6. The van der Waals surface area contributed by atoms with Gasteiger partial charge in [-0.05, 0) is 13.0 Å². The van der Waals surface area contributed by atoms with Crippen LogP contribution in [0.25, 0.3) is 0 Å². The number of carbonyl (C=O) groups excluding carboxylic acids is 1. The molecule has 2 N–H and O–H groups in total. The molecule has 1 fully saturated rings. The fraction of sp³-hybridized carbons (Fsp3) is 0.500. The molecule has 0 radical (unpaired) electrons. The second-order valence-corrected chi connectivity index (χ2v) is 3.64. The quantitative estimate of drug-likeness (QED) is 0.743. The molecule has 0 saturated carbocycles. The average Bonchev–Trinajstić information content (AvgIpc) is 2.51. The summed E-state index contributed by atoms with van der Waals surface area (Å²) in [5.74, 6) is 0.266. The van der Waals surface area contributed by atoms with Gasteiger partial charge in [-0.3, -0.25) is 4.79 Å². The van der Waals surface area contributed by atoms with Crippen molar-refractivity contribution < 1.29 is 9.21 Å². The molecule has 2 rings (SSSR count). The lowest BCUT2D eigenvalue weighted by Gasteiger charge is -2.27. The minimum atomic E-state index is 0.0295. The molecule has 14 heavy (non-hydrogen) atoms. The zero-order valence-electron chi connectivity index (χ0n) is 8.12. The largest absolute Gasteiger partial charge is 0.472 e. The molecule has 76 valence electrons. The number of amides is 1. The minimum Gasteiger partial charge on any atom is -0.472 e. The van der Waals surface area contributed by atoms with Gasteiger partial charge in [-0.15, -0.1) is 0 Å². The van der Waals surface area contributed by atoms with Crippen molar-refractivity contribution in [3.63, 3.8) is 0 Å². The van der Waals surface area contributed by atoms with E-state index in [1.165, 1.54) is 0 Å². The Balaban J connectivity index is 1.87. The smallest absolute Gasteiger partial charge is 0.226 e. The topological polar surface area (TPSA) is 54.3 Å². The van der Waals surface area contributed by atoms with Crippen LogP contribution in [0.1, 0.15) is 18.5 Å². The fourth-order valence-electron chi connectivity index (χ4n) is 1.41. The molecule has 1 atom stereocenters. The van der Waals surface area contributed by atoms with Crippen LogP contribution in [-0.2, 0) is 4.79 Å². The summed E-state index contributed by atoms with van der Waals surface area (Å²) < 4.78 is 4.95. The van der Waals surface area contributed by atoms with Crippen LogP contribution >= 0.6 is 0 Å². The van der Waals surface area contributed by atoms with Crippen LogP contribution in [0.3, 0.4) is 0 Å². The molecule has 2 heterocycles. The second kappa shape index (κ2) is 3.84. The number of rotatable bonds is 3. The summed E-state index contributed by atoms with van der Waals surface area (Å²) in [6.07, 6.45) is 3.27. The van der Waals surface area contributed by atoms with E-state index in [0.29, 0.717) is 0 Å². The van der Waals surface area contributed by atoms with E-state index in [9.17, 15) is 4.79 Å². The molecule has 1 amide bonds. The van der Waals surface area contributed by atoms with Crippen molar-refractivity contribution in [2.45, 2.75) is 13.0 Å². The summed E-state index contributed by atoms with van der Waals surface area (Å²) in [5.41, 5.74) is 1.01. The van der Waals surface area contributed by atoms with Gasteiger partial charge in [0.05, 0.1) is 24.5 Å². The van der Waals surface area contributed by atoms with Crippen molar-refractivity contribution >= 4 is 5.91 Å². The first-order chi connectivity index (χ1) is 6.77. The maximum atomic E-state index is 11.5. The van der Waals surface area contributed by atoms with Crippen LogP contribution in [0, 0.1) is 5.92 Å². The second-order valence-electron chi connectivity index (χ2n) is 3.64. The number of carbonyl (C=O) groups is 1. The van der Waals surface area contributed by atoms with E-state index in [-0.39, 0.29) is 17.9 Å². The van der Waals surface area contributed by atoms with Gasteiger partial charge in [0, 0.05) is 18.7 Å². The molecule has 0 aromatic carbocycles. The van der Waals surface area contributed by atoms with E-state index in [1.54, 1.807) is 12.5 Å². The van der Waals surface area contributed by atoms with Gasteiger partial charge in [0.1, 0.15) is 0 Å². The van der Waals surface area contributed by atoms with E-state index in [1.807, 2.05) is 13.0 Å². The highest BCUT2D eigenvalue weighted by molar-refractivity contribution is 5.80. The molecule has 1 aliphatic heterocycles. The van der Waals surface area contributed by atoms with Crippen molar-refractivity contribution in [1.29, 1.82) is 0 Å². The summed E-state index contributed by atoms with van der Waals surface area (Å²) in [5, 5.41) is 6.02. The Morgan fingerprint density at radius 2 is 2.50 bits per heavy atom. The molecule has 0 spiro atoms. The maximum Gasteiger partial charge on any atom is 0.226 e. The van der Waals surface area contributed by atoms with Crippen molar-refractivity contribution in [1.82, 2.24) is 10.6 Å². The van der Waals surface area contributed by atoms with E-state index < -0.39 is 0 Å². The summed E-state index contributed by atoms with van der Waals surface area (Å²) >= 11 is 0. The van der Waals surface area contributed by atoms with Crippen molar-refractivity contribution in [3.05, 3.63) is 24.2 Å². The molecule has 1 saturated heterocycles. The van der Waals surface area contributed by atoms with Crippen molar-refractivity contribution in [2.24, 2.45) is 5.92 Å².